The Morgan fingerprint density at radius 3 is 2.65 bits per heavy atom. The quantitative estimate of drug-likeness (QED) is 0.760. The van der Waals surface area contributed by atoms with E-state index in [1.54, 1.807) is 0 Å². The molecule has 0 spiro atoms. The summed E-state index contributed by atoms with van der Waals surface area (Å²) in [5, 5.41) is 17.7. The molecule has 1 aromatic carbocycles. The van der Waals surface area contributed by atoms with E-state index in [1.165, 1.54) is 0 Å². The second-order valence-electron chi connectivity index (χ2n) is 5.89. The molecule has 2 atom stereocenters. The van der Waals surface area contributed by atoms with Gasteiger partial charge in [-0.1, -0.05) is 30.3 Å². The molecule has 5 heteroatoms. The molecular weight excluding hydrogens is 288 g/mol. The van der Waals surface area contributed by atoms with Crippen molar-refractivity contribution in [1.29, 1.82) is 0 Å². The molecule has 0 saturated carbocycles. The number of fused-ring (bicyclic) bond motifs is 1. The predicted molar refractivity (Wildman–Crippen MR) is 90.3 cm³/mol. The second-order valence-corrected chi connectivity index (χ2v) is 5.89. The van der Waals surface area contributed by atoms with Crippen LogP contribution in [-0.2, 0) is 0 Å². The lowest BCUT2D eigenvalue weighted by Crippen LogP contribution is -2.28. The van der Waals surface area contributed by atoms with Crippen molar-refractivity contribution in [2.24, 2.45) is 0 Å². The Balaban J connectivity index is 1.88. The van der Waals surface area contributed by atoms with E-state index in [2.05, 4.69) is 22.3 Å². The fraction of sp³-hybridized carbons (Fsp3) is 0.333. The maximum absolute atomic E-state index is 9.72. The van der Waals surface area contributed by atoms with Crippen LogP contribution < -0.4 is 5.32 Å². The molecule has 2 N–H and O–H groups in total. The number of benzene rings is 1. The minimum atomic E-state index is -0.111. The van der Waals surface area contributed by atoms with E-state index in [4.69, 9.17) is 0 Å². The Morgan fingerprint density at radius 2 is 1.96 bits per heavy atom. The molecule has 23 heavy (non-hydrogen) atoms. The standard InChI is InChI=1S/C18H22N4O/c1-12-9-18-19-10-16(14(3)22(18)21-12)13(2)20-17(11-23)15-7-5-4-6-8-15/h4-10,13,17,20,23H,11H2,1-3H3. The first-order valence-electron chi connectivity index (χ1n) is 7.84. The van der Waals surface area contributed by atoms with Crippen LogP contribution in [0.2, 0.25) is 0 Å². The van der Waals surface area contributed by atoms with Gasteiger partial charge < -0.3 is 10.4 Å². The van der Waals surface area contributed by atoms with Gasteiger partial charge in [-0.2, -0.15) is 5.10 Å². The van der Waals surface area contributed by atoms with Gasteiger partial charge in [-0.15, -0.1) is 0 Å². The van der Waals surface area contributed by atoms with E-state index < -0.39 is 0 Å². The van der Waals surface area contributed by atoms with Crippen molar-refractivity contribution in [3.05, 3.63) is 65.1 Å². The number of aliphatic hydroxyl groups excluding tert-OH is 1. The molecule has 0 aliphatic rings. The van der Waals surface area contributed by atoms with Gasteiger partial charge in [-0.25, -0.2) is 9.50 Å². The van der Waals surface area contributed by atoms with Crippen molar-refractivity contribution in [1.82, 2.24) is 19.9 Å². The lowest BCUT2D eigenvalue weighted by molar-refractivity contribution is 0.235. The van der Waals surface area contributed by atoms with Gasteiger partial charge in [0.1, 0.15) is 0 Å². The van der Waals surface area contributed by atoms with E-state index in [-0.39, 0.29) is 18.7 Å². The molecular formula is C18H22N4O. The Kier molecular flexibility index (Phi) is 4.41. The summed E-state index contributed by atoms with van der Waals surface area (Å²) in [5.74, 6) is 0. The third-order valence-corrected chi connectivity index (χ3v) is 4.19. The number of nitrogens with zero attached hydrogens (tertiary/aromatic N) is 3. The van der Waals surface area contributed by atoms with Crippen molar-refractivity contribution in [2.45, 2.75) is 32.9 Å². The third kappa shape index (κ3) is 3.11. The van der Waals surface area contributed by atoms with Gasteiger partial charge in [0.15, 0.2) is 5.65 Å². The molecule has 2 heterocycles. The van der Waals surface area contributed by atoms with Crippen LogP contribution in [0.1, 0.15) is 41.5 Å². The van der Waals surface area contributed by atoms with Crippen molar-refractivity contribution >= 4 is 5.65 Å². The number of rotatable bonds is 5. The highest BCUT2D eigenvalue weighted by molar-refractivity contribution is 5.42. The molecule has 0 fully saturated rings. The molecule has 0 aliphatic carbocycles. The Morgan fingerprint density at radius 1 is 1.22 bits per heavy atom. The van der Waals surface area contributed by atoms with Crippen LogP contribution in [0.15, 0.2) is 42.6 Å². The van der Waals surface area contributed by atoms with Crippen LogP contribution in [0, 0.1) is 13.8 Å². The summed E-state index contributed by atoms with van der Waals surface area (Å²) in [6.07, 6.45) is 1.89. The zero-order valence-electron chi connectivity index (χ0n) is 13.7. The molecule has 2 unspecified atom stereocenters. The number of aryl methyl sites for hydroxylation is 2. The number of hydrogen-bond donors (Lipinski definition) is 2. The van der Waals surface area contributed by atoms with Gasteiger partial charge in [0.25, 0.3) is 0 Å². The van der Waals surface area contributed by atoms with Gasteiger partial charge in [0.05, 0.1) is 18.3 Å². The van der Waals surface area contributed by atoms with Crippen LogP contribution in [-0.4, -0.2) is 26.3 Å². The molecule has 0 saturated heterocycles. The first kappa shape index (κ1) is 15.6. The maximum Gasteiger partial charge on any atom is 0.155 e. The highest BCUT2D eigenvalue weighted by atomic mass is 16.3. The molecule has 2 aromatic heterocycles. The Bertz CT molecular complexity index is 797. The minimum Gasteiger partial charge on any atom is -0.394 e. The molecule has 3 aromatic rings. The fourth-order valence-electron chi connectivity index (χ4n) is 2.93. The van der Waals surface area contributed by atoms with Crippen molar-refractivity contribution < 1.29 is 5.11 Å². The van der Waals surface area contributed by atoms with E-state index in [0.29, 0.717) is 0 Å². The molecule has 3 rings (SSSR count). The maximum atomic E-state index is 9.72. The van der Waals surface area contributed by atoms with Crippen LogP contribution in [0.4, 0.5) is 0 Å². The van der Waals surface area contributed by atoms with Gasteiger partial charge in [0, 0.05) is 29.6 Å². The molecule has 0 amide bonds. The van der Waals surface area contributed by atoms with Gasteiger partial charge in [0.2, 0.25) is 0 Å². The topological polar surface area (TPSA) is 62.5 Å². The first-order chi connectivity index (χ1) is 11.1. The van der Waals surface area contributed by atoms with E-state index in [0.717, 1.165) is 28.2 Å². The summed E-state index contributed by atoms with van der Waals surface area (Å²) >= 11 is 0. The van der Waals surface area contributed by atoms with Gasteiger partial charge in [-0.05, 0) is 26.3 Å². The monoisotopic (exact) mass is 310 g/mol. The summed E-state index contributed by atoms with van der Waals surface area (Å²) in [4.78, 5) is 4.49. The predicted octanol–water partition coefficient (Wildman–Crippen LogP) is 2.73. The Labute approximate surface area is 136 Å². The van der Waals surface area contributed by atoms with E-state index in [1.807, 2.05) is 61.0 Å². The van der Waals surface area contributed by atoms with E-state index >= 15 is 0 Å². The second kappa shape index (κ2) is 6.48. The smallest absolute Gasteiger partial charge is 0.155 e. The summed E-state index contributed by atoms with van der Waals surface area (Å²) in [6.45, 7) is 6.14. The number of aliphatic hydroxyl groups is 1. The largest absolute Gasteiger partial charge is 0.394 e. The number of nitrogens with one attached hydrogen (secondary N) is 1. The molecule has 120 valence electrons. The van der Waals surface area contributed by atoms with Crippen LogP contribution in [0.25, 0.3) is 5.65 Å². The molecule has 5 nitrogen and oxygen atoms in total. The van der Waals surface area contributed by atoms with Gasteiger partial charge >= 0.3 is 0 Å². The normalized spacial score (nSPS) is 14.1. The lowest BCUT2D eigenvalue weighted by Gasteiger charge is -2.23. The van der Waals surface area contributed by atoms with Crippen molar-refractivity contribution in [3.63, 3.8) is 0 Å². The van der Waals surface area contributed by atoms with Crippen molar-refractivity contribution in [2.75, 3.05) is 6.61 Å². The SMILES string of the molecule is Cc1cc2ncc(C(C)NC(CO)c3ccccc3)c(C)n2n1. The highest BCUT2D eigenvalue weighted by Gasteiger charge is 2.17. The number of hydrogen-bond acceptors (Lipinski definition) is 4. The lowest BCUT2D eigenvalue weighted by atomic mass is 10.0. The zero-order valence-corrected chi connectivity index (χ0v) is 13.7. The summed E-state index contributed by atoms with van der Waals surface area (Å²) in [6, 6.07) is 11.9. The summed E-state index contributed by atoms with van der Waals surface area (Å²) in [7, 11) is 0. The molecule has 0 radical (unpaired) electrons. The van der Waals surface area contributed by atoms with Gasteiger partial charge in [-0.3, -0.25) is 0 Å². The van der Waals surface area contributed by atoms with Crippen molar-refractivity contribution in [3.8, 4) is 0 Å². The van der Waals surface area contributed by atoms with Crippen LogP contribution in [0.3, 0.4) is 0 Å². The summed E-state index contributed by atoms with van der Waals surface area (Å²) in [5.41, 5.74) is 5.03. The Hall–Kier alpha value is -2.24. The number of aromatic nitrogens is 3. The van der Waals surface area contributed by atoms with Crippen LogP contribution >= 0.6 is 0 Å². The minimum absolute atomic E-state index is 0.0456. The van der Waals surface area contributed by atoms with E-state index in [9.17, 15) is 5.11 Å². The average Bonchev–Trinajstić information content (AvgIpc) is 2.95. The zero-order chi connectivity index (χ0) is 16.4. The first-order valence-corrected chi connectivity index (χ1v) is 7.84. The summed E-state index contributed by atoms with van der Waals surface area (Å²) < 4.78 is 1.87. The third-order valence-electron chi connectivity index (χ3n) is 4.19. The van der Waals surface area contributed by atoms with Crippen LogP contribution in [0.5, 0.6) is 0 Å². The fourth-order valence-corrected chi connectivity index (χ4v) is 2.93. The highest BCUT2D eigenvalue weighted by Crippen LogP contribution is 2.22. The average molecular weight is 310 g/mol. The molecule has 0 aliphatic heterocycles. The molecule has 0 bridgehead atoms.